The van der Waals surface area contributed by atoms with E-state index in [2.05, 4.69) is 0 Å². The first-order valence-electron chi connectivity index (χ1n) is 8.85. The quantitative estimate of drug-likeness (QED) is 0.770. The lowest BCUT2D eigenvalue weighted by atomic mass is 9.84. The Morgan fingerprint density at radius 1 is 1.04 bits per heavy atom. The van der Waals surface area contributed by atoms with E-state index in [-0.39, 0.29) is 11.2 Å². The van der Waals surface area contributed by atoms with Crippen molar-refractivity contribution in [2.45, 2.75) is 55.8 Å². The number of hydrogen-bond acceptors (Lipinski definition) is 4. The van der Waals surface area contributed by atoms with Crippen LogP contribution in [0, 0.1) is 0 Å². The molecular weight excluding hydrogens is 326 g/mol. The van der Waals surface area contributed by atoms with Crippen molar-refractivity contribution in [3.63, 3.8) is 0 Å². The van der Waals surface area contributed by atoms with Gasteiger partial charge in [0.1, 0.15) is 5.60 Å². The summed E-state index contributed by atoms with van der Waals surface area (Å²) in [7, 11) is -3.23. The van der Waals surface area contributed by atoms with E-state index in [0.29, 0.717) is 31.5 Å². The molecule has 2 aliphatic heterocycles. The van der Waals surface area contributed by atoms with E-state index in [9.17, 15) is 13.2 Å². The molecule has 130 valence electrons. The zero-order valence-electron chi connectivity index (χ0n) is 13.7. The molecule has 1 spiro atoms. The van der Waals surface area contributed by atoms with Crippen LogP contribution in [0.15, 0.2) is 24.3 Å². The van der Waals surface area contributed by atoms with Gasteiger partial charge in [0, 0.05) is 31.5 Å². The fourth-order valence-corrected chi connectivity index (χ4v) is 6.44. The molecule has 0 aromatic heterocycles. The van der Waals surface area contributed by atoms with Crippen molar-refractivity contribution >= 4 is 16.0 Å². The van der Waals surface area contributed by atoms with Gasteiger partial charge in [-0.25, -0.2) is 17.5 Å². The number of nitrogens with zero attached hydrogens (tertiary/aromatic N) is 1. The van der Waals surface area contributed by atoms with Crippen LogP contribution in [0.3, 0.4) is 0 Å². The summed E-state index contributed by atoms with van der Waals surface area (Å²) < 4.78 is 33.1. The maximum Gasteiger partial charge on any atom is 0.339 e. The maximum atomic E-state index is 12.9. The topological polar surface area (TPSA) is 63.7 Å². The van der Waals surface area contributed by atoms with Crippen LogP contribution < -0.4 is 0 Å². The van der Waals surface area contributed by atoms with Gasteiger partial charge in [-0.05, 0) is 18.9 Å². The van der Waals surface area contributed by atoms with Crippen LogP contribution in [0.5, 0.6) is 0 Å². The molecule has 0 bridgehead atoms. The summed E-state index contributed by atoms with van der Waals surface area (Å²) in [4.78, 5) is 12.1. The van der Waals surface area contributed by atoms with Crippen LogP contribution in [-0.2, 0) is 20.4 Å². The van der Waals surface area contributed by atoms with Gasteiger partial charge in [0.25, 0.3) is 0 Å². The number of rotatable bonds is 2. The highest BCUT2D eigenvalue weighted by Crippen LogP contribution is 2.44. The highest BCUT2D eigenvalue weighted by molar-refractivity contribution is 7.89. The predicted molar refractivity (Wildman–Crippen MR) is 90.1 cm³/mol. The molecule has 1 aromatic carbocycles. The van der Waals surface area contributed by atoms with E-state index in [1.807, 2.05) is 18.2 Å². The van der Waals surface area contributed by atoms with Crippen molar-refractivity contribution in [2.75, 3.05) is 13.1 Å². The van der Waals surface area contributed by atoms with Gasteiger partial charge in [0.05, 0.1) is 10.8 Å². The molecule has 1 aliphatic carbocycles. The van der Waals surface area contributed by atoms with Gasteiger partial charge in [0.2, 0.25) is 10.0 Å². The Labute approximate surface area is 143 Å². The molecule has 1 aromatic rings. The third-order valence-electron chi connectivity index (χ3n) is 5.79. The highest BCUT2D eigenvalue weighted by Gasteiger charge is 2.49. The van der Waals surface area contributed by atoms with Gasteiger partial charge in [-0.2, -0.15) is 0 Å². The number of carbonyl (C=O) groups is 1. The number of benzene rings is 1. The van der Waals surface area contributed by atoms with Gasteiger partial charge < -0.3 is 4.74 Å². The summed E-state index contributed by atoms with van der Waals surface area (Å²) in [5.74, 6) is -0.283. The molecule has 6 heteroatoms. The second-order valence-electron chi connectivity index (χ2n) is 7.13. The number of hydrogen-bond donors (Lipinski definition) is 0. The Morgan fingerprint density at radius 2 is 1.71 bits per heavy atom. The van der Waals surface area contributed by atoms with Gasteiger partial charge in [-0.1, -0.05) is 37.5 Å². The SMILES string of the molecule is O=C1OC2(CCN(S(=O)(=O)C3CCCCC3)CC2)c2ccccc21. The number of piperidine rings is 1. The molecular formula is C18H23NO4S. The molecule has 4 rings (SSSR count). The number of esters is 1. The first-order chi connectivity index (χ1) is 11.5. The van der Waals surface area contributed by atoms with Crippen molar-refractivity contribution in [3.8, 4) is 0 Å². The smallest absolute Gasteiger partial charge is 0.339 e. The molecule has 0 N–H and O–H groups in total. The average Bonchev–Trinajstić information content (AvgIpc) is 2.89. The van der Waals surface area contributed by atoms with Gasteiger partial charge in [0.15, 0.2) is 0 Å². The molecule has 1 saturated heterocycles. The molecule has 2 fully saturated rings. The van der Waals surface area contributed by atoms with Crippen molar-refractivity contribution < 1.29 is 17.9 Å². The molecule has 1 saturated carbocycles. The van der Waals surface area contributed by atoms with E-state index < -0.39 is 15.6 Å². The fourth-order valence-electron chi connectivity index (χ4n) is 4.39. The predicted octanol–water partition coefficient (Wildman–Crippen LogP) is 2.81. The van der Waals surface area contributed by atoms with Crippen molar-refractivity contribution in [1.82, 2.24) is 4.31 Å². The highest BCUT2D eigenvalue weighted by atomic mass is 32.2. The monoisotopic (exact) mass is 349 g/mol. The summed E-state index contributed by atoms with van der Waals surface area (Å²) in [6.45, 7) is 0.862. The van der Waals surface area contributed by atoms with Crippen LogP contribution in [0.4, 0.5) is 0 Å². The lowest BCUT2D eigenvalue weighted by molar-refractivity contribution is -0.0330. The third kappa shape index (κ3) is 2.47. The summed E-state index contributed by atoms with van der Waals surface area (Å²) in [6.07, 6.45) is 5.80. The van der Waals surface area contributed by atoms with Crippen LogP contribution in [-0.4, -0.2) is 37.0 Å². The summed E-state index contributed by atoms with van der Waals surface area (Å²) in [5.41, 5.74) is 0.914. The van der Waals surface area contributed by atoms with Crippen molar-refractivity contribution in [1.29, 1.82) is 0 Å². The van der Waals surface area contributed by atoms with Crippen molar-refractivity contribution in [2.24, 2.45) is 0 Å². The number of carbonyl (C=O) groups excluding carboxylic acids is 1. The van der Waals surface area contributed by atoms with Gasteiger partial charge >= 0.3 is 5.97 Å². The van der Waals surface area contributed by atoms with Crippen molar-refractivity contribution in [3.05, 3.63) is 35.4 Å². The molecule has 0 atom stereocenters. The lowest BCUT2D eigenvalue weighted by Crippen LogP contribution is -2.48. The molecule has 0 amide bonds. The number of ether oxygens (including phenoxy) is 1. The first-order valence-corrected chi connectivity index (χ1v) is 10.4. The number of fused-ring (bicyclic) bond motifs is 2. The Kier molecular flexibility index (Phi) is 3.92. The molecule has 5 nitrogen and oxygen atoms in total. The minimum absolute atomic E-state index is 0.223. The van der Waals surface area contributed by atoms with Gasteiger partial charge in [-0.3, -0.25) is 0 Å². The Bertz CT molecular complexity index is 744. The summed E-state index contributed by atoms with van der Waals surface area (Å²) >= 11 is 0. The lowest BCUT2D eigenvalue weighted by Gasteiger charge is -2.39. The zero-order chi connectivity index (χ0) is 16.8. The normalized spacial score (nSPS) is 24.8. The standard InChI is InChI=1S/C18H23NO4S/c20-17-15-8-4-5-9-16(15)18(23-17)10-12-19(13-11-18)24(21,22)14-6-2-1-3-7-14/h4-5,8-9,14H,1-3,6-7,10-13H2. The number of sulfonamides is 1. The first kappa shape index (κ1) is 16.1. The van der Waals surface area contributed by atoms with Gasteiger partial charge in [-0.15, -0.1) is 0 Å². The van der Waals surface area contributed by atoms with Crippen LogP contribution in [0.1, 0.15) is 60.9 Å². The second kappa shape index (κ2) is 5.85. The maximum absolute atomic E-state index is 12.9. The fraction of sp³-hybridized carbons (Fsp3) is 0.611. The minimum Gasteiger partial charge on any atom is -0.450 e. The summed E-state index contributed by atoms with van der Waals surface area (Å²) in [5, 5.41) is -0.223. The Hall–Kier alpha value is -1.40. The van der Waals surface area contributed by atoms with E-state index in [1.165, 1.54) is 0 Å². The summed E-state index contributed by atoms with van der Waals surface area (Å²) in [6, 6.07) is 7.47. The largest absolute Gasteiger partial charge is 0.450 e. The second-order valence-corrected chi connectivity index (χ2v) is 9.35. The molecule has 2 heterocycles. The Morgan fingerprint density at radius 3 is 2.42 bits per heavy atom. The average molecular weight is 349 g/mol. The van der Waals surface area contributed by atoms with E-state index in [4.69, 9.17) is 4.74 Å². The van der Waals surface area contributed by atoms with E-state index >= 15 is 0 Å². The molecule has 0 radical (unpaired) electrons. The Balaban J connectivity index is 1.52. The molecule has 24 heavy (non-hydrogen) atoms. The van der Waals surface area contributed by atoms with E-state index in [1.54, 1.807) is 10.4 Å². The van der Waals surface area contributed by atoms with Crippen LogP contribution >= 0.6 is 0 Å². The zero-order valence-corrected chi connectivity index (χ0v) is 14.6. The van der Waals surface area contributed by atoms with Crippen LogP contribution in [0.25, 0.3) is 0 Å². The molecule has 0 unspecified atom stereocenters. The van der Waals surface area contributed by atoms with Crippen LogP contribution in [0.2, 0.25) is 0 Å². The molecule has 3 aliphatic rings. The minimum atomic E-state index is -3.23. The van der Waals surface area contributed by atoms with E-state index in [0.717, 1.165) is 37.7 Å². The third-order valence-corrected chi connectivity index (χ3v) is 8.19.